The van der Waals surface area contributed by atoms with Crippen LogP contribution in [0.4, 0.5) is 0 Å². The van der Waals surface area contributed by atoms with Crippen LogP contribution in [-0.4, -0.2) is 26.6 Å². The normalized spacial score (nSPS) is 18.6. The van der Waals surface area contributed by atoms with Gasteiger partial charge in [-0.05, 0) is 18.9 Å². The molecule has 88 valence electrons. The van der Waals surface area contributed by atoms with Gasteiger partial charge in [0, 0.05) is 18.6 Å². The van der Waals surface area contributed by atoms with Gasteiger partial charge in [-0.25, -0.2) is 0 Å². The second kappa shape index (κ2) is 4.57. The largest absolute Gasteiger partial charge is 0.344 e. The Kier molecular flexibility index (Phi) is 3.33. The lowest BCUT2D eigenvalue weighted by Crippen LogP contribution is -2.47. The summed E-state index contributed by atoms with van der Waals surface area (Å²) in [5.74, 6) is -0.0676. The number of hydrogen-bond acceptors (Lipinski definition) is 2. The maximum absolute atomic E-state index is 12.0. The summed E-state index contributed by atoms with van der Waals surface area (Å²) in [7, 11) is 1.81. The van der Waals surface area contributed by atoms with E-state index in [-0.39, 0.29) is 11.4 Å². The van der Waals surface area contributed by atoms with Crippen molar-refractivity contribution in [2.45, 2.75) is 31.2 Å². The number of alkyl halides is 1. The molecule has 0 unspecified atom stereocenters. The van der Waals surface area contributed by atoms with Gasteiger partial charge in [0.15, 0.2) is 0 Å². The Morgan fingerprint density at radius 1 is 1.62 bits per heavy atom. The molecular formula is C11H16BrN3O. The highest BCUT2D eigenvalue weighted by atomic mass is 79.9. The fourth-order valence-electron chi connectivity index (χ4n) is 2.18. The third-order valence-electron chi connectivity index (χ3n) is 3.14. The van der Waals surface area contributed by atoms with E-state index in [1.54, 1.807) is 16.9 Å². The average Bonchev–Trinajstić information content (AvgIpc) is 2.88. The van der Waals surface area contributed by atoms with Gasteiger partial charge in [0.25, 0.3) is 5.91 Å². The summed E-state index contributed by atoms with van der Waals surface area (Å²) in [6, 6.07) is 1.74. The molecule has 1 aliphatic carbocycles. The molecule has 0 bridgehead atoms. The monoisotopic (exact) mass is 285 g/mol. The van der Waals surface area contributed by atoms with Crippen LogP contribution in [0.3, 0.4) is 0 Å². The van der Waals surface area contributed by atoms with E-state index in [9.17, 15) is 4.79 Å². The first-order chi connectivity index (χ1) is 7.65. The minimum absolute atomic E-state index is 0.0609. The van der Waals surface area contributed by atoms with Crippen molar-refractivity contribution in [3.8, 4) is 0 Å². The summed E-state index contributed by atoms with van der Waals surface area (Å²) < 4.78 is 1.64. The van der Waals surface area contributed by atoms with Crippen LogP contribution < -0.4 is 5.32 Å². The third kappa shape index (κ3) is 2.29. The Hall–Kier alpha value is -0.840. The molecule has 1 amide bonds. The van der Waals surface area contributed by atoms with E-state index in [0.717, 1.165) is 18.2 Å². The van der Waals surface area contributed by atoms with Crippen molar-refractivity contribution in [2.75, 3.05) is 5.33 Å². The van der Waals surface area contributed by atoms with Gasteiger partial charge in [0.1, 0.15) is 5.69 Å². The number of rotatable bonds is 3. The van der Waals surface area contributed by atoms with Crippen LogP contribution in [0.15, 0.2) is 12.3 Å². The predicted octanol–water partition coefficient (Wildman–Crippen LogP) is 1.86. The molecule has 0 radical (unpaired) electrons. The summed E-state index contributed by atoms with van der Waals surface area (Å²) >= 11 is 3.50. The number of aromatic nitrogens is 2. The fourth-order valence-corrected chi connectivity index (χ4v) is 2.89. The smallest absolute Gasteiger partial charge is 0.272 e. The molecule has 1 aromatic heterocycles. The Labute approximate surface area is 104 Å². The molecule has 0 spiro atoms. The molecule has 4 nitrogen and oxygen atoms in total. The van der Waals surface area contributed by atoms with Crippen molar-refractivity contribution in [1.29, 1.82) is 0 Å². The molecule has 1 heterocycles. The number of aryl methyl sites for hydroxylation is 1. The van der Waals surface area contributed by atoms with E-state index >= 15 is 0 Å². The summed E-state index contributed by atoms with van der Waals surface area (Å²) in [5.41, 5.74) is 0.434. The van der Waals surface area contributed by atoms with Gasteiger partial charge < -0.3 is 5.32 Å². The van der Waals surface area contributed by atoms with Crippen LogP contribution in [0.1, 0.15) is 36.2 Å². The third-order valence-corrected chi connectivity index (χ3v) is 4.21. The Morgan fingerprint density at radius 3 is 2.81 bits per heavy atom. The average molecular weight is 286 g/mol. The van der Waals surface area contributed by atoms with Gasteiger partial charge in [-0.15, -0.1) is 0 Å². The van der Waals surface area contributed by atoms with Crippen LogP contribution in [0.25, 0.3) is 0 Å². The highest BCUT2D eigenvalue weighted by molar-refractivity contribution is 9.09. The van der Waals surface area contributed by atoms with E-state index in [2.05, 4.69) is 26.3 Å². The molecule has 1 N–H and O–H groups in total. The van der Waals surface area contributed by atoms with E-state index in [4.69, 9.17) is 0 Å². The van der Waals surface area contributed by atoms with Crippen LogP contribution in [0, 0.1) is 0 Å². The first-order valence-electron chi connectivity index (χ1n) is 5.53. The zero-order valence-electron chi connectivity index (χ0n) is 9.37. The number of halogens is 1. The van der Waals surface area contributed by atoms with Gasteiger partial charge in [0.05, 0.1) is 5.54 Å². The van der Waals surface area contributed by atoms with Gasteiger partial charge in [-0.1, -0.05) is 28.8 Å². The van der Waals surface area contributed by atoms with Gasteiger partial charge in [-0.2, -0.15) is 5.10 Å². The molecule has 1 fully saturated rings. The van der Waals surface area contributed by atoms with Crippen LogP contribution in [0.2, 0.25) is 0 Å². The minimum atomic E-state index is -0.0676. The van der Waals surface area contributed by atoms with Crippen molar-refractivity contribution in [2.24, 2.45) is 7.05 Å². The summed E-state index contributed by atoms with van der Waals surface area (Å²) in [6.07, 6.45) is 6.26. The Balaban J connectivity index is 2.06. The standard InChI is InChI=1S/C11H16BrN3O/c1-15-7-4-9(14-15)10(16)13-11(8-12)5-2-3-6-11/h4,7H,2-3,5-6,8H2,1H3,(H,13,16). The van der Waals surface area contributed by atoms with E-state index in [0.29, 0.717) is 5.69 Å². The zero-order chi connectivity index (χ0) is 11.6. The second-order valence-electron chi connectivity index (χ2n) is 4.45. The summed E-state index contributed by atoms with van der Waals surface area (Å²) in [4.78, 5) is 12.0. The van der Waals surface area contributed by atoms with E-state index in [1.165, 1.54) is 12.8 Å². The molecule has 16 heavy (non-hydrogen) atoms. The highest BCUT2D eigenvalue weighted by Gasteiger charge is 2.34. The summed E-state index contributed by atoms with van der Waals surface area (Å²) in [6.45, 7) is 0. The lowest BCUT2D eigenvalue weighted by molar-refractivity contribution is 0.0904. The van der Waals surface area contributed by atoms with Crippen molar-refractivity contribution >= 4 is 21.8 Å². The first-order valence-corrected chi connectivity index (χ1v) is 6.65. The molecule has 1 saturated carbocycles. The molecule has 0 aliphatic heterocycles. The number of nitrogens with zero attached hydrogens (tertiary/aromatic N) is 2. The van der Waals surface area contributed by atoms with Gasteiger partial charge >= 0.3 is 0 Å². The topological polar surface area (TPSA) is 46.9 Å². The van der Waals surface area contributed by atoms with Crippen molar-refractivity contribution in [1.82, 2.24) is 15.1 Å². The molecule has 0 saturated heterocycles. The highest BCUT2D eigenvalue weighted by Crippen LogP contribution is 2.31. The van der Waals surface area contributed by atoms with Crippen molar-refractivity contribution in [3.05, 3.63) is 18.0 Å². The van der Waals surface area contributed by atoms with Gasteiger partial charge in [-0.3, -0.25) is 9.48 Å². The van der Waals surface area contributed by atoms with Crippen LogP contribution in [-0.2, 0) is 7.05 Å². The van der Waals surface area contributed by atoms with E-state index < -0.39 is 0 Å². The predicted molar refractivity (Wildman–Crippen MR) is 65.7 cm³/mol. The molecule has 5 heteroatoms. The lowest BCUT2D eigenvalue weighted by Gasteiger charge is -2.27. The van der Waals surface area contributed by atoms with Crippen molar-refractivity contribution in [3.63, 3.8) is 0 Å². The molecule has 1 aromatic rings. The maximum Gasteiger partial charge on any atom is 0.272 e. The molecule has 2 rings (SSSR count). The zero-order valence-corrected chi connectivity index (χ0v) is 11.0. The first kappa shape index (κ1) is 11.6. The number of carbonyl (C=O) groups excluding carboxylic acids is 1. The van der Waals surface area contributed by atoms with Crippen LogP contribution in [0.5, 0.6) is 0 Å². The minimum Gasteiger partial charge on any atom is -0.344 e. The molecule has 1 aliphatic rings. The maximum atomic E-state index is 12.0. The number of nitrogens with one attached hydrogen (secondary N) is 1. The second-order valence-corrected chi connectivity index (χ2v) is 5.01. The Bertz CT molecular complexity index is 382. The quantitative estimate of drug-likeness (QED) is 0.862. The molecule has 0 atom stereocenters. The number of hydrogen-bond donors (Lipinski definition) is 1. The summed E-state index contributed by atoms with van der Waals surface area (Å²) in [5, 5.41) is 8.04. The van der Waals surface area contributed by atoms with E-state index in [1.807, 2.05) is 7.05 Å². The van der Waals surface area contributed by atoms with Crippen molar-refractivity contribution < 1.29 is 4.79 Å². The van der Waals surface area contributed by atoms with Crippen LogP contribution >= 0.6 is 15.9 Å². The fraction of sp³-hybridized carbons (Fsp3) is 0.636. The molecule has 0 aromatic carbocycles. The van der Waals surface area contributed by atoms with Gasteiger partial charge in [0.2, 0.25) is 0 Å². The molecular weight excluding hydrogens is 270 g/mol. The number of carbonyl (C=O) groups is 1. The lowest BCUT2D eigenvalue weighted by atomic mass is 10.0. The number of amides is 1. The Morgan fingerprint density at radius 2 is 2.31 bits per heavy atom. The SMILES string of the molecule is Cn1ccc(C(=O)NC2(CBr)CCCC2)n1.